The smallest absolute Gasteiger partial charge is 0.243 e. The van der Waals surface area contributed by atoms with E-state index < -0.39 is 10.0 Å². The fraction of sp³-hybridized carbons (Fsp3) is 0.786. The molecule has 1 aliphatic rings. The van der Waals surface area contributed by atoms with Gasteiger partial charge in [0, 0.05) is 18.8 Å². The Morgan fingerprint density at radius 2 is 2.10 bits per heavy atom. The summed E-state index contributed by atoms with van der Waals surface area (Å²) in [6, 6.07) is 0.0604. The van der Waals surface area contributed by atoms with Crippen LogP contribution in [0, 0.1) is 5.92 Å². The van der Waals surface area contributed by atoms with Gasteiger partial charge in [0.05, 0.1) is 6.20 Å². The summed E-state index contributed by atoms with van der Waals surface area (Å²) < 4.78 is 29.2. The molecule has 21 heavy (non-hydrogen) atoms. The first-order chi connectivity index (χ1) is 10.0. The van der Waals surface area contributed by atoms with Crippen molar-refractivity contribution in [1.82, 2.24) is 14.5 Å². The van der Waals surface area contributed by atoms with Crippen LogP contribution < -0.4 is 10.5 Å². The summed E-state index contributed by atoms with van der Waals surface area (Å²) in [5.74, 6) is 0.754. The van der Waals surface area contributed by atoms with Crippen LogP contribution in [0.2, 0.25) is 0 Å². The quantitative estimate of drug-likeness (QED) is 0.797. The maximum absolute atomic E-state index is 12.3. The number of hydrogen-bond donors (Lipinski definition) is 2. The van der Waals surface area contributed by atoms with E-state index in [9.17, 15) is 8.42 Å². The Balaban J connectivity index is 1.94. The molecule has 0 saturated heterocycles. The second-order valence-electron chi connectivity index (χ2n) is 5.83. The highest BCUT2D eigenvalue weighted by molar-refractivity contribution is 7.89. The summed E-state index contributed by atoms with van der Waals surface area (Å²) in [7, 11) is -3.45. The molecule has 1 aliphatic carbocycles. The van der Waals surface area contributed by atoms with Crippen molar-refractivity contribution in [3.8, 4) is 0 Å². The van der Waals surface area contributed by atoms with Crippen LogP contribution in [-0.2, 0) is 16.6 Å². The van der Waals surface area contributed by atoms with Gasteiger partial charge in [-0.2, -0.15) is 5.10 Å². The van der Waals surface area contributed by atoms with Gasteiger partial charge in [-0.1, -0.05) is 13.3 Å². The van der Waals surface area contributed by atoms with E-state index in [0.717, 1.165) is 38.0 Å². The number of sulfonamides is 1. The van der Waals surface area contributed by atoms with E-state index in [1.54, 1.807) is 10.9 Å². The van der Waals surface area contributed by atoms with Gasteiger partial charge in [0.25, 0.3) is 0 Å². The van der Waals surface area contributed by atoms with Gasteiger partial charge in [0.2, 0.25) is 10.0 Å². The molecule has 0 amide bonds. The van der Waals surface area contributed by atoms with E-state index >= 15 is 0 Å². The van der Waals surface area contributed by atoms with Crippen LogP contribution in [0.1, 0.15) is 45.4 Å². The number of aryl methyl sites for hydroxylation is 1. The first-order valence-corrected chi connectivity index (χ1v) is 9.28. The lowest BCUT2D eigenvalue weighted by Crippen LogP contribution is -2.37. The molecule has 0 atom stereocenters. The zero-order valence-corrected chi connectivity index (χ0v) is 13.5. The summed E-state index contributed by atoms with van der Waals surface area (Å²) in [6.45, 7) is 3.42. The summed E-state index contributed by atoms with van der Waals surface area (Å²) in [5, 5.41) is 4.08. The predicted octanol–water partition coefficient (Wildman–Crippen LogP) is 1.48. The zero-order chi connectivity index (χ0) is 15.3. The van der Waals surface area contributed by atoms with Crippen molar-refractivity contribution in [1.29, 1.82) is 0 Å². The van der Waals surface area contributed by atoms with Crippen LogP contribution in [0.3, 0.4) is 0 Å². The lowest BCUT2D eigenvalue weighted by molar-refractivity contribution is 0.306. The molecule has 0 spiro atoms. The molecule has 0 unspecified atom stereocenters. The molecule has 0 radical (unpaired) electrons. The second-order valence-corrected chi connectivity index (χ2v) is 7.54. The van der Waals surface area contributed by atoms with Gasteiger partial charge in [-0.25, -0.2) is 13.1 Å². The van der Waals surface area contributed by atoms with Crippen LogP contribution in [0.4, 0.5) is 0 Å². The van der Waals surface area contributed by atoms with Gasteiger partial charge in [0.15, 0.2) is 0 Å². The Morgan fingerprint density at radius 1 is 1.38 bits per heavy atom. The predicted molar refractivity (Wildman–Crippen MR) is 82.3 cm³/mol. The maximum Gasteiger partial charge on any atom is 0.243 e. The largest absolute Gasteiger partial charge is 0.330 e. The highest BCUT2D eigenvalue weighted by Crippen LogP contribution is 2.27. The molecular formula is C14H26N4O2S. The first kappa shape index (κ1) is 16.5. The van der Waals surface area contributed by atoms with Crippen molar-refractivity contribution in [3.63, 3.8) is 0 Å². The molecule has 6 nitrogen and oxygen atoms in total. The van der Waals surface area contributed by atoms with Gasteiger partial charge >= 0.3 is 0 Å². The van der Waals surface area contributed by atoms with Gasteiger partial charge in [-0.3, -0.25) is 4.68 Å². The van der Waals surface area contributed by atoms with Gasteiger partial charge < -0.3 is 5.73 Å². The molecule has 7 heteroatoms. The number of hydrogen-bond acceptors (Lipinski definition) is 4. The summed E-state index contributed by atoms with van der Waals surface area (Å²) >= 11 is 0. The minimum Gasteiger partial charge on any atom is -0.330 e. The molecule has 2 rings (SSSR count). The van der Waals surface area contributed by atoms with E-state index in [-0.39, 0.29) is 10.9 Å². The molecule has 0 bridgehead atoms. The molecule has 1 fully saturated rings. The van der Waals surface area contributed by atoms with Crippen molar-refractivity contribution >= 4 is 10.0 Å². The second kappa shape index (κ2) is 7.38. The zero-order valence-electron chi connectivity index (χ0n) is 12.7. The fourth-order valence-corrected chi connectivity index (χ4v) is 4.09. The maximum atomic E-state index is 12.3. The monoisotopic (exact) mass is 314 g/mol. The van der Waals surface area contributed by atoms with E-state index in [0.29, 0.717) is 13.1 Å². The summed E-state index contributed by atoms with van der Waals surface area (Å²) in [6.07, 6.45) is 9.05. The molecule has 1 saturated carbocycles. The molecule has 120 valence electrons. The minimum atomic E-state index is -3.45. The van der Waals surface area contributed by atoms with Crippen molar-refractivity contribution in [2.24, 2.45) is 11.7 Å². The van der Waals surface area contributed by atoms with E-state index in [1.807, 2.05) is 0 Å². The van der Waals surface area contributed by atoms with Crippen LogP contribution in [-0.4, -0.2) is 30.8 Å². The van der Waals surface area contributed by atoms with E-state index in [1.165, 1.54) is 12.6 Å². The van der Waals surface area contributed by atoms with Crippen molar-refractivity contribution in [2.75, 3.05) is 6.54 Å². The summed E-state index contributed by atoms with van der Waals surface area (Å²) in [5.41, 5.74) is 5.44. The molecule has 1 aromatic heterocycles. The Morgan fingerprint density at radius 3 is 2.71 bits per heavy atom. The number of aromatic nitrogens is 2. The minimum absolute atomic E-state index is 0.0604. The van der Waals surface area contributed by atoms with Crippen molar-refractivity contribution < 1.29 is 8.42 Å². The summed E-state index contributed by atoms with van der Waals surface area (Å²) in [4.78, 5) is 0.247. The topological polar surface area (TPSA) is 90.0 Å². The van der Waals surface area contributed by atoms with Gasteiger partial charge in [0.1, 0.15) is 4.90 Å². The molecule has 1 heterocycles. The average Bonchev–Trinajstić information content (AvgIpc) is 2.95. The van der Waals surface area contributed by atoms with E-state index in [4.69, 9.17) is 5.73 Å². The van der Waals surface area contributed by atoms with Crippen LogP contribution in [0.25, 0.3) is 0 Å². The van der Waals surface area contributed by atoms with Gasteiger partial charge in [-0.15, -0.1) is 0 Å². The molecule has 0 aliphatic heterocycles. The Hall–Kier alpha value is -0.920. The standard InChI is InChI=1S/C14H26N4O2S/c1-2-12-4-6-13(7-5-12)17-21(19,20)14-10-16-18(11-14)9-3-8-15/h10-13,17H,2-9,15H2,1H3. The third-order valence-electron chi connectivity index (χ3n) is 4.26. The van der Waals surface area contributed by atoms with Gasteiger partial charge in [-0.05, 0) is 44.6 Å². The third kappa shape index (κ3) is 4.52. The number of rotatable bonds is 7. The lowest BCUT2D eigenvalue weighted by Gasteiger charge is -2.27. The Bertz CT molecular complexity index is 533. The lowest BCUT2D eigenvalue weighted by atomic mass is 9.85. The number of nitrogens with one attached hydrogen (secondary N) is 1. The highest BCUT2D eigenvalue weighted by atomic mass is 32.2. The Labute approximate surface area is 127 Å². The third-order valence-corrected chi connectivity index (χ3v) is 5.73. The molecule has 1 aromatic rings. The van der Waals surface area contributed by atoms with Crippen LogP contribution in [0.15, 0.2) is 17.3 Å². The van der Waals surface area contributed by atoms with Crippen LogP contribution >= 0.6 is 0 Å². The number of nitrogens with zero attached hydrogens (tertiary/aromatic N) is 2. The van der Waals surface area contributed by atoms with Crippen molar-refractivity contribution in [3.05, 3.63) is 12.4 Å². The number of nitrogens with two attached hydrogens (primary N) is 1. The molecule has 3 N–H and O–H groups in total. The Kier molecular flexibility index (Phi) is 5.78. The molecule has 0 aromatic carbocycles. The SMILES string of the molecule is CCC1CCC(NS(=O)(=O)c2cnn(CCCN)c2)CC1. The van der Waals surface area contributed by atoms with Crippen molar-refractivity contribution in [2.45, 2.75) is 62.9 Å². The normalized spacial score (nSPS) is 23.3. The average molecular weight is 314 g/mol. The highest BCUT2D eigenvalue weighted by Gasteiger charge is 2.25. The fourth-order valence-electron chi connectivity index (χ4n) is 2.83. The van der Waals surface area contributed by atoms with Crippen LogP contribution in [0.5, 0.6) is 0 Å². The first-order valence-electron chi connectivity index (χ1n) is 7.80. The van der Waals surface area contributed by atoms with E-state index in [2.05, 4.69) is 16.7 Å². The molecular weight excluding hydrogens is 288 g/mol.